The molecule has 1 aliphatic heterocycles. The molecule has 2 aliphatic rings. The Hall–Kier alpha value is -5.27. The lowest BCUT2D eigenvalue weighted by Crippen LogP contribution is -2.51. The van der Waals surface area contributed by atoms with Crippen LogP contribution in [-0.2, 0) is 48.9 Å². The van der Waals surface area contributed by atoms with Crippen LogP contribution in [0, 0.1) is 5.82 Å². The Labute approximate surface area is 304 Å². The zero-order valence-electron chi connectivity index (χ0n) is 29.3. The van der Waals surface area contributed by atoms with Gasteiger partial charge in [0, 0.05) is 43.6 Å². The van der Waals surface area contributed by atoms with Crippen LogP contribution < -0.4 is 10.6 Å². The fourth-order valence-corrected chi connectivity index (χ4v) is 6.59. The number of halogens is 4. The van der Waals surface area contributed by atoms with Crippen molar-refractivity contribution in [2.24, 2.45) is 0 Å². The molecule has 1 heterocycles. The second kappa shape index (κ2) is 17.0. The van der Waals surface area contributed by atoms with Crippen LogP contribution in [0.3, 0.4) is 0 Å². The molecule has 0 aromatic heterocycles. The molecule has 0 bridgehead atoms. The predicted molar refractivity (Wildman–Crippen MR) is 187 cm³/mol. The van der Waals surface area contributed by atoms with Crippen molar-refractivity contribution >= 4 is 35.4 Å². The number of nitrogens with zero attached hydrogens (tertiary/aromatic N) is 2. The summed E-state index contributed by atoms with van der Waals surface area (Å²) in [7, 11) is 0. The van der Waals surface area contributed by atoms with E-state index in [9.17, 15) is 41.5 Å². The number of carbonyl (C=O) groups is 5. The van der Waals surface area contributed by atoms with Gasteiger partial charge in [0.1, 0.15) is 18.4 Å². The summed E-state index contributed by atoms with van der Waals surface area (Å²) in [5.74, 6) is -2.96. The second-order valence-corrected chi connectivity index (χ2v) is 13.4. The Balaban J connectivity index is 1.10. The average Bonchev–Trinajstić information content (AvgIpc) is 3.60. The Bertz CT molecular complexity index is 1800. The fraction of sp³-hybridized carbons (Fsp3) is 0.410. The monoisotopic (exact) mass is 738 g/mol. The molecule has 14 heteroatoms. The van der Waals surface area contributed by atoms with Gasteiger partial charge in [-0.2, -0.15) is 13.2 Å². The lowest BCUT2D eigenvalue weighted by Gasteiger charge is -2.31. The van der Waals surface area contributed by atoms with Gasteiger partial charge in [-0.25, -0.2) is 14.1 Å². The van der Waals surface area contributed by atoms with Crippen molar-refractivity contribution in [3.8, 4) is 0 Å². The molecule has 10 nitrogen and oxygen atoms in total. The second-order valence-electron chi connectivity index (χ2n) is 13.4. The molecule has 3 aromatic rings. The molecule has 0 saturated carbocycles. The number of amides is 5. The third kappa shape index (κ3) is 9.79. The topological polar surface area (TPSA) is 125 Å². The number of carbonyl (C=O) groups excluding carboxylic acids is 5. The first-order chi connectivity index (χ1) is 25.3. The summed E-state index contributed by atoms with van der Waals surface area (Å²) in [6, 6.07) is 17.2. The summed E-state index contributed by atoms with van der Waals surface area (Å²) in [5.41, 5.74) is 1.17. The van der Waals surface area contributed by atoms with Gasteiger partial charge >= 0.3 is 12.3 Å². The molecule has 1 spiro atoms. The van der Waals surface area contributed by atoms with Crippen molar-refractivity contribution in [2.45, 2.75) is 89.1 Å². The highest BCUT2D eigenvalue weighted by molar-refractivity contribution is 6.06. The number of fused-ring (bicyclic) bond motifs is 2. The highest BCUT2D eigenvalue weighted by atomic mass is 19.4. The van der Waals surface area contributed by atoms with E-state index < -0.39 is 54.6 Å². The molecule has 2 N–H and O–H groups in total. The number of unbranched alkanes of at least 4 members (excludes halogenated alkanes) is 2. The van der Waals surface area contributed by atoms with E-state index in [2.05, 4.69) is 22.8 Å². The number of benzene rings is 3. The average molecular weight is 739 g/mol. The summed E-state index contributed by atoms with van der Waals surface area (Å²) >= 11 is 0. The minimum Gasteiger partial charge on any atom is -0.427 e. The molecular weight excluding hydrogens is 696 g/mol. The summed E-state index contributed by atoms with van der Waals surface area (Å²) in [4.78, 5) is 65.7. The third-order valence-corrected chi connectivity index (χ3v) is 9.58. The summed E-state index contributed by atoms with van der Waals surface area (Å²) in [5, 5.41) is 5.64. The van der Waals surface area contributed by atoms with Crippen molar-refractivity contribution in [1.82, 2.24) is 15.1 Å². The maximum absolute atomic E-state index is 13.7. The van der Waals surface area contributed by atoms with Gasteiger partial charge in [-0.15, -0.1) is 0 Å². The molecule has 3 aromatic carbocycles. The molecule has 1 aliphatic carbocycles. The number of hydrogen-bond acceptors (Lipinski definition) is 6. The molecule has 5 amide bonds. The van der Waals surface area contributed by atoms with Crippen molar-refractivity contribution in [1.29, 1.82) is 0 Å². The number of ether oxygens (including phenoxy) is 1. The zero-order chi connectivity index (χ0) is 38.2. The standard InChI is InChI=1S/C39H42F4N4O6/c1-26(39(41,42)43)46(24-28-14-16-30(40)17-15-28)35(50)25-47-36(51)38(53-37(47)52)21-20-29-23-31(18-19-32(29)38)45-34(49)13-8-22-44-33(48)12-7-3-6-11-27-9-4-2-5-10-27/h2,4-5,9-10,14-19,23,26H,3,6-8,11-13,20-22,24-25H2,1H3,(H,44,48)(H,45,49)/t26-,38+/m0/s1. The lowest BCUT2D eigenvalue weighted by atomic mass is 9.94. The molecule has 1 saturated heterocycles. The van der Waals surface area contributed by atoms with Gasteiger partial charge < -0.3 is 20.3 Å². The van der Waals surface area contributed by atoms with Crippen LogP contribution >= 0.6 is 0 Å². The number of nitrogens with one attached hydrogen (secondary N) is 2. The van der Waals surface area contributed by atoms with Crippen molar-refractivity contribution < 1.29 is 46.3 Å². The van der Waals surface area contributed by atoms with Crippen LogP contribution in [0.1, 0.15) is 74.1 Å². The van der Waals surface area contributed by atoms with E-state index in [0.717, 1.165) is 44.7 Å². The van der Waals surface area contributed by atoms with Gasteiger partial charge in [0.2, 0.25) is 23.3 Å². The van der Waals surface area contributed by atoms with Crippen LogP contribution in [0.25, 0.3) is 0 Å². The predicted octanol–water partition coefficient (Wildman–Crippen LogP) is 6.56. The summed E-state index contributed by atoms with van der Waals surface area (Å²) < 4.78 is 60.2. The van der Waals surface area contributed by atoms with Gasteiger partial charge in [0.25, 0.3) is 5.91 Å². The van der Waals surface area contributed by atoms with E-state index in [1.807, 2.05) is 18.2 Å². The highest BCUT2D eigenvalue weighted by Crippen LogP contribution is 2.46. The van der Waals surface area contributed by atoms with Crippen LogP contribution in [-0.4, -0.2) is 64.8 Å². The normalized spacial score (nSPS) is 17.0. The number of imide groups is 1. The molecule has 0 unspecified atom stereocenters. The van der Waals surface area contributed by atoms with Crippen molar-refractivity contribution in [3.63, 3.8) is 0 Å². The molecule has 282 valence electrons. The van der Waals surface area contributed by atoms with Crippen LogP contribution in [0.15, 0.2) is 72.8 Å². The Morgan fingerprint density at radius 2 is 1.62 bits per heavy atom. The van der Waals surface area contributed by atoms with Crippen LogP contribution in [0.4, 0.5) is 28.0 Å². The van der Waals surface area contributed by atoms with Crippen molar-refractivity contribution in [3.05, 3.63) is 101 Å². The first-order valence-corrected chi connectivity index (χ1v) is 17.7. The summed E-state index contributed by atoms with van der Waals surface area (Å²) in [6.45, 7) is -0.385. The first kappa shape index (κ1) is 38.9. The fourth-order valence-electron chi connectivity index (χ4n) is 6.59. The van der Waals surface area contributed by atoms with Gasteiger partial charge in [0.05, 0.1) is 0 Å². The highest BCUT2D eigenvalue weighted by Gasteiger charge is 2.58. The molecule has 5 rings (SSSR count). The largest absolute Gasteiger partial charge is 0.427 e. The zero-order valence-corrected chi connectivity index (χ0v) is 29.3. The minimum atomic E-state index is -4.82. The Kier molecular flexibility index (Phi) is 12.5. The maximum Gasteiger partial charge on any atom is 0.418 e. The number of hydrogen-bond donors (Lipinski definition) is 2. The maximum atomic E-state index is 13.7. The van der Waals surface area contributed by atoms with Crippen molar-refractivity contribution in [2.75, 3.05) is 18.4 Å². The van der Waals surface area contributed by atoms with E-state index in [-0.39, 0.29) is 30.2 Å². The van der Waals surface area contributed by atoms with E-state index >= 15 is 0 Å². The Morgan fingerprint density at radius 1 is 0.906 bits per heavy atom. The molecular formula is C39H42F4N4O6. The third-order valence-electron chi connectivity index (χ3n) is 9.58. The molecule has 1 fully saturated rings. The van der Waals surface area contributed by atoms with E-state index in [1.54, 1.807) is 18.2 Å². The number of rotatable bonds is 16. The number of alkyl halides is 3. The van der Waals surface area contributed by atoms with Crippen LogP contribution in [0.5, 0.6) is 0 Å². The molecule has 53 heavy (non-hydrogen) atoms. The quantitative estimate of drug-likeness (QED) is 0.127. The van der Waals surface area contributed by atoms with Gasteiger partial charge in [-0.05, 0) is 80.0 Å². The Morgan fingerprint density at radius 3 is 2.34 bits per heavy atom. The number of anilines is 1. The van der Waals surface area contributed by atoms with E-state index in [1.165, 1.54) is 17.7 Å². The first-order valence-electron chi connectivity index (χ1n) is 17.7. The lowest BCUT2D eigenvalue weighted by molar-refractivity contribution is -0.187. The van der Waals surface area contributed by atoms with Gasteiger partial charge in [-0.3, -0.25) is 19.2 Å². The number of aryl methyl sites for hydroxylation is 2. The molecule has 0 radical (unpaired) electrons. The smallest absolute Gasteiger partial charge is 0.418 e. The van der Waals surface area contributed by atoms with Gasteiger partial charge in [-0.1, -0.05) is 55.0 Å². The van der Waals surface area contributed by atoms with E-state index in [4.69, 9.17) is 4.74 Å². The molecule has 2 atom stereocenters. The van der Waals surface area contributed by atoms with Gasteiger partial charge in [0.15, 0.2) is 0 Å². The minimum absolute atomic E-state index is 0.0416. The van der Waals surface area contributed by atoms with Crippen LogP contribution in [0.2, 0.25) is 0 Å². The van der Waals surface area contributed by atoms with E-state index in [0.29, 0.717) is 52.4 Å². The SMILES string of the molecule is C[C@H](N(Cc1ccc(F)cc1)C(=O)CN1C(=O)O[C@@]2(CCc3cc(NC(=O)CCCNC(=O)CCCCCc4ccccc4)ccc32)C1=O)C(F)(F)F. The summed E-state index contributed by atoms with van der Waals surface area (Å²) in [6.07, 6.45) is -0.903.